The van der Waals surface area contributed by atoms with Crippen LogP contribution in [0.4, 0.5) is 0 Å². The van der Waals surface area contributed by atoms with Crippen molar-refractivity contribution < 1.29 is 4.74 Å². The highest BCUT2D eigenvalue weighted by Gasteiger charge is 2.11. The van der Waals surface area contributed by atoms with Gasteiger partial charge in [-0.25, -0.2) is 0 Å². The van der Waals surface area contributed by atoms with Gasteiger partial charge in [-0.05, 0) is 30.0 Å². The highest BCUT2D eigenvalue weighted by Crippen LogP contribution is 2.07. The van der Waals surface area contributed by atoms with Gasteiger partial charge in [0, 0.05) is 38.7 Å². The van der Waals surface area contributed by atoms with Crippen molar-refractivity contribution in [3.63, 3.8) is 0 Å². The van der Waals surface area contributed by atoms with Crippen LogP contribution in [0.25, 0.3) is 0 Å². The van der Waals surface area contributed by atoms with Crippen molar-refractivity contribution >= 4 is 0 Å². The number of nitrogens with zero attached hydrogens (tertiary/aromatic N) is 1. The van der Waals surface area contributed by atoms with Crippen molar-refractivity contribution in [3.8, 4) is 0 Å². The molecule has 1 aromatic rings. The SMILES string of the molecule is COCCC(NCc1ccncc1)C(C)C. The predicted molar refractivity (Wildman–Crippen MR) is 66.2 cm³/mol. The lowest BCUT2D eigenvalue weighted by atomic mass is 10.0. The van der Waals surface area contributed by atoms with E-state index in [1.807, 2.05) is 24.5 Å². The van der Waals surface area contributed by atoms with Gasteiger partial charge in [-0.3, -0.25) is 4.98 Å². The van der Waals surface area contributed by atoms with E-state index in [1.165, 1.54) is 5.56 Å². The number of hydrogen-bond donors (Lipinski definition) is 1. The topological polar surface area (TPSA) is 34.1 Å². The summed E-state index contributed by atoms with van der Waals surface area (Å²) in [5, 5.41) is 3.56. The van der Waals surface area contributed by atoms with Crippen molar-refractivity contribution in [1.29, 1.82) is 0 Å². The van der Waals surface area contributed by atoms with Gasteiger partial charge in [-0.1, -0.05) is 13.8 Å². The molecular formula is C13H22N2O. The quantitative estimate of drug-likeness (QED) is 0.768. The first-order chi connectivity index (χ1) is 7.74. The summed E-state index contributed by atoms with van der Waals surface area (Å²) >= 11 is 0. The molecule has 0 aliphatic heterocycles. The van der Waals surface area contributed by atoms with E-state index in [0.29, 0.717) is 12.0 Å². The minimum absolute atomic E-state index is 0.508. The minimum Gasteiger partial charge on any atom is -0.385 e. The summed E-state index contributed by atoms with van der Waals surface area (Å²) in [6.45, 7) is 6.18. The number of pyridine rings is 1. The number of rotatable bonds is 7. The Kier molecular flexibility index (Phi) is 6.04. The summed E-state index contributed by atoms with van der Waals surface area (Å²) in [5.74, 6) is 0.622. The van der Waals surface area contributed by atoms with E-state index in [9.17, 15) is 0 Å². The van der Waals surface area contributed by atoms with Gasteiger partial charge in [0.2, 0.25) is 0 Å². The fraction of sp³-hybridized carbons (Fsp3) is 0.615. The van der Waals surface area contributed by atoms with Crippen LogP contribution in [0.15, 0.2) is 24.5 Å². The molecule has 1 atom stereocenters. The van der Waals surface area contributed by atoms with E-state index in [-0.39, 0.29) is 0 Å². The van der Waals surface area contributed by atoms with Crippen LogP contribution in [0.3, 0.4) is 0 Å². The Morgan fingerprint density at radius 2 is 2.00 bits per heavy atom. The molecule has 90 valence electrons. The molecule has 0 saturated carbocycles. The number of nitrogens with one attached hydrogen (secondary N) is 1. The summed E-state index contributed by atoms with van der Waals surface area (Å²) in [7, 11) is 1.75. The summed E-state index contributed by atoms with van der Waals surface area (Å²) in [5.41, 5.74) is 1.28. The Morgan fingerprint density at radius 1 is 1.31 bits per heavy atom. The Bertz CT molecular complexity index is 275. The number of hydrogen-bond acceptors (Lipinski definition) is 3. The van der Waals surface area contributed by atoms with Crippen molar-refractivity contribution in [2.45, 2.75) is 32.9 Å². The molecule has 16 heavy (non-hydrogen) atoms. The first-order valence-electron chi connectivity index (χ1n) is 5.85. The molecule has 0 aliphatic rings. The molecule has 1 unspecified atom stereocenters. The van der Waals surface area contributed by atoms with Crippen LogP contribution in [0.5, 0.6) is 0 Å². The van der Waals surface area contributed by atoms with Gasteiger partial charge >= 0.3 is 0 Å². The summed E-state index contributed by atoms with van der Waals surface area (Å²) in [6.07, 6.45) is 4.71. The largest absolute Gasteiger partial charge is 0.385 e. The second kappa shape index (κ2) is 7.36. The van der Waals surface area contributed by atoms with E-state index >= 15 is 0 Å². The number of ether oxygens (including phenoxy) is 1. The first-order valence-corrected chi connectivity index (χ1v) is 5.85. The molecule has 0 fully saturated rings. The highest BCUT2D eigenvalue weighted by molar-refractivity contribution is 5.09. The third-order valence-electron chi connectivity index (χ3n) is 2.76. The van der Waals surface area contributed by atoms with Crippen molar-refractivity contribution in [1.82, 2.24) is 10.3 Å². The Labute approximate surface area is 98.2 Å². The molecule has 3 nitrogen and oxygen atoms in total. The maximum Gasteiger partial charge on any atom is 0.0477 e. The van der Waals surface area contributed by atoms with Crippen LogP contribution in [0.1, 0.15) is 25.8 Å². The lowest BCUT2D eigenvalue weighted by Gasteiger charge is -2.22. The smallest absolute Gasteiger partial charge is 0.0477 e. The van der Waals surface area contributed by atoms with Crippen molar-refractivity contribution in [2.24, 2.45) is 5.92 Å². The van der Waals surface area contributed by atoms with Gasteiger partial charge in [0.25, 0.3) is 0 Å². The maximum absolute atomic E-state index is 5.12. The average molecular weight is 222 g/mol. The van der Waals surface area contributed by atoms with Gasteiger partial charge in [0.05, 0.1) is 0 Å². The zero-order valence-electron chi connectivity index (χ0n) is 10.4. The van der Waals surface area contributed by atoms with Gasteiger partial charge < -0.3 is 10.1 Å². The van der Waals surface area contributed by atoms with Crippen molar-refractivity contribution in [2.75, 3.05) is 13.7 Å². The molecule has 3 heteroatoms. The van der Waals surface area contributed by atoms with Crippen LogP contribution in [0, 0.1) is 5.92 Å². The fourth-order valence-corrected chi connectivity index (χ4v) is 1.67. The van der Waals surface area contributed by atoms with Gasteiger partial charge in [0.15, 0.2) is 0 Å². The molecule has 0 bridgehead atoms. The molecule has 0 aliphatic carbocycles. The summed E-state index contributed by atoms with van der Waals surface area (Å²) in [6, 6.07) is 4.59. The lowest BCUT2D eigenvalue weighted by Crippen LogP contribution is -2.34. The third kappa shape index (κ3) is 4.73. The van der Waals surface area contributed by atoms with Crippen molar-refractivity contribution in [3.05, 3.63) is 30.1 Å². The number of aromatic nitrogens is 1. The third-order valence-corrected chi connectivity index (χ3v) is 2.76. The lowest BCUT2D eigenvalue weighted by molar-refractivity contribution is 0.173. The monoisotopic (exact) mass is 222 g/mol. The fourth-order valence-electron chi connectivity index (χ4n) is 1.67. The van der Waals surface area contributed by atoms with E-state index in [2.05, 4.69) is 24.1 Å². The van der Waals surface area contributed by atoms with E-state index < -0.39 is 0 Å². The van der Waals surface area contributed by atoms with E-state index in [4.69, 9.17) is 4.74 Å². The molecule has 0 amide bonds. The molecule has 1 rings (SSSR count). The van der Waals surface area contributed by atoms with E-state index in [0.717, 1.165) is 19.6 Å². The van der Waals surface area contributed by atoms with E-state index in [1.54, 1.807) is 7.11 Å². The molecule has 0 radical (unpaired) electrons. The standard InChI is InChI=1S/C13H22N2O/c1-11(2)13(6-9-16-3)15-10-12-4-7-14-8-5-12/h4-5,7-8,11,13,15H,6,9-10H2,1-3H3. The molecule has 0 saturated heterocycles. The molecule has 0 spiro atoms. The molecule has 1 aromatic heterocycles. The average Bonchev–Trinajstić information content (AvgIpc) is 2.30. The second-order valence-electron chi connectivity index (χ2n) is 4.37. The Morgan fingerprint density at radius 3 is 2.56 bits per heavy atom. The molecular weight excluding hydrogens is 200 g/mol. The molecule has 1 N–H and O–H groups in total. The highest BCUT2D eigenvalue weighted by atomic mass is 16.5. The summed E-state index contributed by atoms with van der Waals surface area (Å²) in [4.78, 5) is 4.01. The van der Waals surface area contributed by atoms with Crippen LogP contribution in [-0.2, 0) is 11.3 Å². The molecule has 1 heterocycles. The van der Waals surface area contributed by atoms with Gasteiger partial charge in [0.1, 0.15) is 0 Å². The first kappa shape index (κ1) is 13.1. The number of methoxy groups -OCH3 is 1. The minimum atomic E-state index is 0.508. The Hall–Kier alpha value is -0.930. The Balaban J connectivity index is 2.38. The van der Waals surface area contributed by atoms with Crippen LogP contribution in [0.2, 0.25) is 0 Å². The van der Waals surface area contributed by atoms with Crippen LogP contribution < -0.4 is 5.32 Å². The van der Waals surface area contributed by atoms with Gasteiger partial charge in [-0.15, -0.1) is 0 Å². The van der Waals surface area contributed by atoms with Crippen LogP contribution in [-0.4, -0.2) is 24.7 Å². The van der Waals surface area contributed by atoms with Crippen LogP contribution >= 0.6 is 0 Å². The zero-order chi connectivity index (χ0) is 11.8. The normalized spacial score (nSPS) is 13.0. The van der Waals surface area contributed by atoms with Gasteiger partial charge in [-0.2, -0.15) is 0 Å². The second-order valence-corrected chi connectivity index (χ2v) is 4.37. The summed E-state index contributed by atoms with van der Waals surface area (Å²) < 4.78 is 5.12. The zero-order valence-corrected chi connectivity index (χ0v) is 10.4. The predicted octanol–water partition coefficient (Wildman–Crippen LogP) is 2.23. The maximum atomic E-state index is 5.12. The molecule has 0 aromatic carbocycles.